The molecule has 0 saturated carbocycles. The van der Waals surface area contributed by atoms with Crippen LogP contribution in [0.15, 0.2) is 35.7 Å². The first-order chi connectivity index (χ1) is 10.8. The summed E-state index contributed by atoms with van der Waals surface area (Å²) in [6.45, 7) is 3.15. The highest BCUT2D eigenvalue weighted by Crippen LogP contribution is 2.31. The molecule has 1 saturated heterocycles. The molecule has 3 heterocycles. The third-order valence-electron chi connectivity index (χ3n) is 3.69. The van der Waals surface area contributed by atoms with E-state index in [9.17, 15) is 0 Å². The van der Waals surface area contributed by atoms with E-state index in [-0.39, 0.29) is 0 Å². The van der Waals surface area contributed by atoms with Crippen molar-refractivity contribution < 1.29 is 4.74 Å². The molecule has 2 aromatic heterocycles. The molecule has 22 heavy (non-hydrogen) atoms. The first-order valence-electron chi connectivity index (χ1n) is 7.15. The highest BCUT2D eigenvalue weighted by atomic mass is 35.5. The molecule has 0 atom stereocenters. The highest BCUT2D eigenvalue weighted by molar-refractivity contribution is 7.13. The molecule has 4 rings (SSSR count). The zero-order valence-electron chi connectivity index (χ0n) is 11.8. The second-order valence-corrected chi connectivity index (χ2v) is 6.49. The quantitative estimate of drug-likeness (QED) is 0.715. The van der Waals surface area contributed by atoms with Crippen molar-refractivity contribution in [2.24, 2.45) is 0 Å². The largest absolute Gasteiger partial charge is 0.378 e. The van der Waals surface area contributed by atoms with Crippen LogP contribution in [0.3, 0.4) is 0 Å². The number of morpholine rings is 1. The summed E-state index contributed by atoms with van der Waals surface area (Å²) in [7, 11) is 0. The summed E-state index contributed by atoms with van der Waals surface area (Å²) in [6, 6.07) is 9.85. The van der Waals surface area contributed by atoms with Gasteiger partial charge in [-0.3, -0.25) is 0 Å². The molecule has 1 fully saturated rings. The standard InChI is InChI=1S/C16H14ClN3OS/c17-11-3-4-12-13(10-11)18-15(14-2-1-9-22-14)19-16(12)20-5-7-21-8-6-20/h1-4,9-10H,5-8H2. The summed E-state index contributed by atoms with van der Waals surface area (Å²) >= 11 is 7.79. The summed E-state index contributed by atoms with van der Waals surface area (Å²) in [6.07, 6.45) is 0. The van der Waals surface area contributed by atoms with E-state index >= 15 is 0 Å². The molecular formula is C16H14ClN3OS. The Hall–Kier alpha value is -1.69. The van der Waals surface area contributed by atoms with E-state index in [2.05, 4.69) is 4.90 Å². The summed E-state index contributed by atoms with van der Waals surface area (Å²) in [5.74, 6) is 1.72. The fourth-order valence-electron chi connectivity index (χ4n) is 2.62. The smallest absolute Gasteiger partial charge is 0.172 e. The molecule has 1 aliphatic rings. The Morgan fingerprint density at radius 1 is 1.14 bits per heavy atom. The Kier molecular flexibility index (Phi) is 3.70. The number of halogens is 1. The first kappa shape index (κ1) is 13.9. The Balaban J connectivity index is 1.91. The van der Waals surface area contributed by atoms with Crippen molar-refractivity contribution in [3.8, 4) is 10.7 Å². The molecule has 0 radical (unpaired) electrons. The van der Waals surface area contributed by atoms with Gasteiger partial charge in [0.1, 0.15) is 5.82 Å². The molecule has 112 valence electrons. The lowest BCUT2D eigenvalue weighted by Gasteiger charge is -2.29. The van der Waals surface area contributed by atoms with Gasteiger partial charge >= 0.3 is 0 Å². The van der Waals surface area contributed by atoms with Crippen molar-refractivity contribution in [3.63, 3.8) is 0 Å². The maximum absolute atomic E-state index is 6.14. The van der Waals surface area contributed by atoms with Crippen molar-refractivity contribution in [3.05, 3.63) is 40.7 Å². The van der Waals surface area contributed by atoms with E-state index < -0.39 is 0 Å². The fourth-order valence-corrected chi connectivity index (χ4v) is 3.44. The average molecular weight is 332 g/mol. The van der Waals surface area contributed by atoms with Crippen molar-refractivity contribution in [2.75, 3.05) is 31.2 Å². The lowest BCUT2D eigenvalue weighted by Crippen LogP contribution is -2.37. The SMILES string of the molecule is Clc1ccc2c(N3CCOCC3)nc(-c3cccs3)nc2c1. The van der Waals surface area contributed by atoms with Crippen LogP contribution < -0.4 is 4.90 Å². The van der Waals surface area contributed by atoms with Crippen LogP contribution >= 0.6 is 22.9 Å². The van der Waals surface area contributed by atoms with Crippen LogP contribution in [0.1, 0.15) is 0 Å². The Labute approximate surface area is 137 Å². The van der Waals surface area contributed by atoms with Gasteiger partial charge in [-0.2, -0.15) is 0 Å². The number of aromatic nitrogens is 2. The average Bonchev–Trinajstić information content (AvgIpc) is 3.09. The van der Waals surface area contributed by atoms with E-state index in [0.717, 1.165) is 53.7 Å². The van der Waals surface area contributed by atoms with Crippen LogP contribution in [0.4, 0.5) is 5.82 Å². The summed E-state index contributed by atoms with van der Waals surface area (Å²) < 4.78 is 5.45. The van der Waals surface area contributed by atoms with Gasteiger partial charge in [0.25, 0.3) is 0 Å². The van der Waals surface area contributed by atoms with Gasteiger partial charge in [-0.25, -0.2) is 9.97 Å². The molecule has 0 unspecified atom stereocenters. The van der Waals surface area contributed by atoms with E-state index in [1.165, 1.54) is 0 Å². The first-order valence-corrected chi connectivity index (χ1v) is 8.41. The van der Waals surface area contributed by atoms with Crippen LogP contribution in [-0.2, 0) is 4.74 Å². The third kappa shape index (κ3) is 2.56. The number of anilines is 1. The van der Waals surface area contributed by atoms with Crippen LogP contribution in [0, 0.1) is 0 Å². The zero-order valence-corrected chi connectivity index (χ0v) is 13.4. The topological polar surface area (TPSA) is 38.2 Å². The number of fused-ring (bicyclic) bond motifs is 1. The third-order valence-corrected chi connectivity index (χ3v) is 4.79. The molecule has 1 aliphatic heterocycles. The predicted molar refractivity (Wildman–Crippen MR) is 90.9 cm³/mol. The Morgan fingerprint density at radius 2 is 2.00 bits per heavy atom. The van der Waals surface area contributed by atoms with Gasteiger partial charge in [0.05, 0.1) is 23.6 Å². The van der Waals surface area contributed by atoms with Crippen molar-refractivity contribution in [2.45, 2.75) is 0 Å². The van der Waals surface area contributed by atoms with Crippen LogP contribution in [0.2, 0.25) is 5.02 Å². The lowest BCUT2D eigenvalue weighted by atomic mass is 10.2. The Bertz CT molecular complexity index is 801. The number of ether oxygens (including phenoxy) is 1. The second kappa shape index (κ2) is 5.83. The fraction of sp³-hybridized carbons (Fsp3) is 0.250. The molecule has 0 bridgehead atoms. The summed E-state index contributed by atoms with van der Waals surface area (Å²) in [5, 5.41) is 3.76. The maximum atomic E-state index is 6.14. The lowest BCUT2D eigenvalue weighted by molar-refractivity contribution is 0.122. The van der Waals surface area contributed by atoms with E-state index in [1.807, 2.05) is 35.7 Å². The molecule has 0 aliphatic carbocycles. The van der Waals surface area contributed by atoms with Crippen LogP contribution in [0.5, 0.6) is 0 Å². The monoisotopic (exact) mass is 331 g/mol. The van der Waals surface area contributed by atoms with Gasteiger partial charge in [0.15, 0.2) is 5.82 Å². The number of thiophene rings is 1. The molecule has 4 nitrogen and oxygen atoms in total. The van der Waals surface area contributed by atoms with Crippen molar-refractivity contribution >= 4 is 39.7 Å². The number of hydrogen-bond donors (Lipinski definition) is 0. The minimum atomic E-state index is 0.691. The molecule has 1 aromatic carbocycles. The number of nitrogens with zero attached hydrogens (tertiary/aromatic N) is 3. The van der Waals surface area contributed by atoms with Gasteiger partial charge in [0, 0.05) is 23.5 Å². The van der Waals surface area contributed by atoms with Gasteiger partial charge in [-0.1, -0.05) is 17.7 Å². The molecule has 3 aromatic rings. The Morgan fingerprint density at radius 3 is 2.77 bits per heavy atom. The number of hydrogen-bond acceptors (Lipinski definition) is 5. The predicted octanol–water partition coefficient (Wildman–Crippen LogP) is 3.85. The minimum absolute atomic E-state index is 0.691. The molecule has 6 heteroatoms. The van der Waals surface area contributed by atoms with E-state index in [0.29, 0.717) is 5.02 Å². The maximum Gasteiger partial charge on any atom is 0.172 e. The van der Waals surface area contributed by atoms with Crippen LogP contribution in [0.25, 0.3) is 21.6 Å². The molecule has 0 amide bonds. The minimum Gasteiger partial charge on any atom is -0.378 e. The number of benzene rings is 1. The summed E-state index contributed by atoms with van der Waals surface area (Å²) in [5.41, 5.74) is 0.882. The van der Waals surface area contributed by atoms with Gasteiger partial charge in [-0.05, 0) is 29.6 Å². The molecular weight excluding hydrogens is 318 g/mol. The zero-order chi connectivity index (χ0) is 14.9. The van der Waals surface area contributed by atoms with Gasteiger partial charge < -0.3 is 9.64 Å². The summed E-state index contributed by atoms with van der Waals surface area (Å²) in [4.78, 5) is 12.8. The molecule has 0 spiro atoms. The van der Waals surface area contributed by atoms with E-state index in [1.54, 1.807) is 11.3 Å². The van der Waals surface area contributed by atoms with Crippen LogP contribution in [-0.4, -0.2) is 36.3 Å². The second-order valence-electron chi connectivity index (χ2n) is 5.11. The normalized spacial score (nSPS) is 15.4. The van der Waals surface area contributed by atoms with Crippen molar-refractivity contribution in [1.29, 1.82) is 0 Å². The number of rotatable bonds is 2. The van der Waals surface area contributed by atoms with E-state index in [4.69, 9.17) is 26.3 Å². The molecule has 0 N–H and O–H groups in total. The van der Waals surface area contributed by atoms with Gasteiger partial charge in [-0.15, -0.1) is 11.3 Å². The van der Waals surface area contributed by atoms with Gasteiger partial charge in [0.2, 0.25) is 0 Å². The van der Waals surface area contributed by atoms with Crippen molar-refractivity contribution in [1.82, 2.24) is 9.97 Å². The highest BCUT2D eigenvalue weighted by Gasteiger charge is 2.18.